The molecule has 3 rings (SSSR count). The van der Waals surface area contributed by atoms with E-state index in [9.17, 15) is 24.4 Å². The van der Waals surface area contributed by atoms with Crippen molar-refractivity contribution in [1.82, 2.24) is 15.3 Å². The van der Waals surface area contributed by atoms with Crippen molar-refractivity contribution in [3.05, 3.63) is 102 Å². The molecule has 12 heteroatoms. The van der Waals surface area contributed by atoms with Crippen LogP contribution < -0.4 is 10.2 Å². The highest BCUT2D eigenvalue weighted by Gasteiger charge is 2.26. The predicted octanol–water partition coefficient (Wildman–Crippen LogP) is 1.08. The number of nitrogens with zero attached hydrogens (tertiary/aromatic N) is 5. The molecule has 1 aromatic heterocycles. The van der Waals surface area contributed by atoms with Crippen molar-refractivity contribution in [2.75, 3.05) is 11.9 Å². The number of nitrogens with one attached hydrogen (secondary N) is 1. The molecule has 0 aliphatic heterocycles. The van der Waals surface area contributed by atoms with Gasteiger partial charge in [0.05, 0.1) is 11.8 Å². The molecule has 0 saturated carbocycles. The number of carbonyl (C=O) groups excluding carboxylic acids is 3. The Morgan fingerprint density at radius 3 is 2.49 bits per heavy atom. The maximum atomic E-state index is 13.3. The summed E-state index contributed by atoms with van der Waals surface area (Å²) in [5.41, 5.74) is 1.22. The highest BCUT2D eigenvalue weighted by atomic mass is 16.4. The molecule has 39 heavy (non-hydrogen) atoms. The molecular formula is C27H25BN6O5. The third-order valence-corrected chi connectivity index (χ3v) is 5.61. The molecule has 0 aliphatic rings. The molecule has 0 bridgehead atoms. The first-order valence-electron chi connectivity index (χ1n) is 11.7. The molecular weight excluding hydrogens is 499 g/mol. The second kappa shape index (κ2) is 13.5. The molecule has 0 aliphatic carbocycles. The SMILES string of the molecule is C=C(C#N)C(=O)N(C)c1cccc(C[C@H](NC(=O)c2cnccn2)C(=O)N=C(Cc2ccccc2)B(O)O)c1. The van der Waals surface area contributed by atoms with Gasteiger partial charge in [-0.3, -0.25) is 19.4 Å². The van der Waals surface area contributed by atoms with Gasteiger partial charge in [-0.25, -0.2) is 9.98 Å². The van der Waals surface area contributed by atoms with Crippen LogP contribution in [0.1, 0.15) is 21.6 Å². The zero-order chi connectivity index (χ0) is 28.4. The number of carbonyl (C=O) groups is 3. The smallest absolute Gasteiger partial charge is 0.422 e. The number of benzene rings is 2. The molecule has 11 nitrogen and oxygen atoms in total. The predicted molar refractivity (Wildman–Crippen MR) is 144 cm³/mol. The number of anilines is 1. The standard InChI is InChI=1S/C27H25BN6O5/c1-18(16-29)27(37)34(2)21-10-6-9-20(13-21)14-22(32-26(36)23-17-30-11-12-31-23)25(35)33-24(28(38)39)15-19-7-4-3-5-8-19/h3-13,17,22,38-39H,1,14-15H2,2H3,(H,32,36)/t22-/m0/s1. The van der Waals surface area contributed by atoms with Crippen molar-refractivity contribution in [2.45, 2.75) is 18.9 Å². The number of hydrogen-bond donors (Lipinski definition) is 3. The Labute approximate surface area is 225 Å². The molecule has 3 N–H and O–H groups in total. The summed E-state index contributed by atoms with van der Waals surface area (Å²) < 4.78 is 0. The lowest BCUT2D eigenvalue weighted by Crippen LogP contribution is -2.43. The van der Waals surface area contributed by atoms with Crippen molar-refractivity contribution < 1.29 is 24.4 Å². The summed E-state index contributed by atoms with van der Waals surface area (Å²) in [6.07, 6.45) is 3.91. The number of amides is 3. The van der Waals surface area contributed by atoms with E-state index < -0.39 is 30.9 Å². The van der Waals surface area contributed by atoms with Crippen LogP contribution in [0.2, 0.25) is 0 Å². The van der Waals surface area contributed by atoms with Crippen molar-refractivity contribution >= 4 is 36.1 Å². The van der Waals surface area contributed by atoms with Gasteiger partial charge in [0.15, 0.2) is 0 Å². The number of hydrogen-bond acceptors (Lipinski definition) is 8. The zero-order valence-electron chi connectivity index (χ0n) is 21.1. The van der Waals surface area contributed by atoms with E-state index in [1.54, 1.807) is 60.7 Å². The second-order valence-electron chi connectivity index (χ2n) is 8.42. The van der Waals surface area contributed by atoms with E-state index in [0.717, 1.165) is 0 Å². The first-order valence-corrected chi connectivity index (χ1v) is 11.7. The second-order valence-corrected chi connectivity index (χ2v) is 8.42. The van der Waals surface area contributed by atoms with Crippen molar-refractivity contribution in [3.8, 4) is 6.07 Å². The van der Waals surface area contributed by atoms with Crippen LogP contribution in [0.4, 0.5) is 5.69 Å². The van der Waals surface area contributed by atoms with Gasteiger partial charge in [0, 0.05) is 38.0 Å². The van der Waals surface area contributed by atoms with Crippen LogP contribution in [-0.2, 0) is 22.4 Å². The summed E-state index contributed by atoms with van der Waals surface area (Å²) in [5.74, 6) is -2.09. The topological polar surface area (TPSA) is 169 Å². The van der Waals surface area contributed by atoms with Crippen molar-refractivity contribution in [1.29, 1.82) is 5.26 Å². The van der Waals surface area contributed by atoms with Crippen LogP contribution in [0.3, 0.4) is 0 Å². The zero-order valence-corrected chi connectivity index (χ0v) is 21.1. The summed E-state index contributed by atoms with van der Waals surface area (Å²) in [6.45, 7) is 3.44. The van der Waals surface area contributed by atoms with E-state index in [-0.39, 0.29) is 29.7 Å². The van der Waals surface area contributed by atoms with Gasteiger partial charge in [-0.1, -0.05) is 49.0 Å². The van der Waals surface area contributed by atoms with Crippen molar-refractivity contribution in [3.63, 3.8) is 0 Å². The fourth-order valence-electron chi connectivity index (χ4n) is 3.56. The monoisotopic (exact) mass is 524 g/mol. The van der Waals surface area contributed by atoms with Gasteiger partial charge in [-0.15, -0.1) is 0 Å². The molecule has 1 atom stereocenters. The number of aromatic nitrogens is 2. The van der Waals surface area contributed by atoms with Gasteiger partial charge in [0.2, 0.25) is 0 Å². The van der Waals surface area contributed by atoms with Crippen LogP contribution >= 0.6 is 0 Å². The third-order valence-electron chi connectivity index (χ3n) is 5.61. The molecule has 0 unspecified atom stereocenters. The molecule has 0 saturated heterocycles. The largest absolute Gasteiger partial charge is 0.504 e. The number of likely N-dealkylation sites (N-methyl/N-ethyl adjacent to an activating group) is 1. The maximum absolute atomic E-state index is 13.3. The Bertz CT molecular complexity index is 1420. The lowest BCUT2D eigenvalue weighted by Gasteiger charge is -2.19. The van der Waals surface area contributed by atoms with Gasteiger partial charge < -0.3 is 20.3 Å². The summed E-state index contributed by atoms with van der Waals surface area (Å²) in [5, 5.41) is 31.3. The Balaban J connectivity index is 1.92. The van der Waals surface area contributed by atoms with E-state index in [1.807, 2.05) is 0 Å². The molecule has 0 spiro atoms. The Kier molecular flexibility index (Phi) is 9.91. The summed E-state index contributed by atoms with van der Waals surface area (Å²) in [6, 6.07) is 15.9. The summed E-state index contributed by atoms with van der Waals surface area (Å²) in [4.78, 5) is 51.5. The fraction of sp³-hybridized carbons (Fsp3) is 0.148. The van der Waals surface area contributed by atoms with Crippen LogP contribution in [0, 0.1) is 11.3 Å². The van der Waals surface area contributed by atoms with Crippen LogP contribution in [-0.4, -0.2) is 63.6 Å². The van der Waals surface area contributed by atoms with Gasteiger partial charge in [0.1, 0.15) is 23.4 Å². The maximum Gasteiger partial charge on any atom is 0.504 e. The summed E-state index contributed by atoms with van der Waals surface area (Å²) in [7, 11) is -0.521. The van der Waals surface area contributed by atoms with E-state index in [0.29, 0.717) is 16.8 Å². The molecule has 0 radical (unpaired) electrons. The number of aliphatic imine (C=N–C) groups is 1. The Hall–Kier alpha value is -4.99. The Morgan fingerprint density at radius 2 is 1.85 bits per heavy atom. The minimum Gasteiger partial charge on any atom is -0.422 e. The first kappa shape index (κ1) is 28.6. The number of rotatable bonds is 10. The van der Waals surface area contributed by atoms with E-state index in [4.69, 9.17) is 5.26 Å². The average Bonchev–Trinajstić information content (AvgIpc) is 2.96. The van der Waals surface area contributed by atoms with Crippen LogP contribution in [0.5, 0.6) is 0 Å². The molecule has 3 aromatic rings. The highest BCUT2D eigenvalue weighted by molar-refractivity contribution is 6.80. The minimum atomic E-state index is -2.00. The highest BCUT2D eigenvalue weighted by Crippen LogP contribution is 2.18. The van der Waals surface area contributed by atoms with E-state index in [1.165, 1.54) is 30.5 Å². The normalized spacial score (nSPS) is 11.6. The fourth-order valence-corrected chi connectivity index (χ4v) is 3.56. The summed E-state index contributed by atoms with van der Waals surface area (Å²) >= 11 is 0. The lowest BCUT2D eigenvalue weighted by molar-refractivity contribution is -0.119. The van der Waals surface area contributed by atoms with Gasteiger partial charge in [-0.2, -0.15) is 5.26 Å². The van der Waals surface area contributed by atoms with Gasteiger partial charge in [0.25, 0.3) is 17.7 Å². The van der Waals surface area contributed by atoms with Crippen LogP contribution in [0.15, 0.2) is 90.3 Å². The first-order chi connectivity index (χ1) is 18.7. The quantitative estimate of drug-likeness (QED) is 0.153. The third kappa shape index (κ3) is 8.00. The molecule has 2 aromatic carbocycles. The minimum absolute atomic E-state index is 0.000243. The Morgan fingerprint density at radius 1 is 1.13 bits per heavy atom. The molecule has 196 valence electrons. The molecule has 3 amide bonds. The molecule has 0 fully saturated rings. The average molecular weight is 524 g/mol. The molecule has 1 heterocycles. The van der Waals surface area contributed by atoms with Gasteiger partial charge in [-0.05, 0) is 23.3 Å². The van der Waals surface area contributed by atoms with Gasteiger partial charge >= 0.3 is 7.12 Å². The van der Waals surface area contributed by atoms with E-state index in [2.05, 4.69) is 26.9 Å². The lowest BCUT2D eigenvalue weighted by atomic mass is 9.79. The van der Waals surface area contributed by atoms with E-state index >= 15 is 0 Å². The van der Waals surface area contributed by atoms with Crippen molar-refractivity contribution in [2.24, 2.45) is 4.99 Å². The number of nitriles is 1. The van der Waals surface area contributed by atoms with Crippen LogP contribution in [0.25, 0.3) is 0 Å².